The molecule has 1 aliphatic rings. The van der Waals surface area contributed by atoms with Crippen molar-refractivity contribution in [1.29, 1.82) is 5.26 Å². The van der Waals surface area contributed by atoms with Crippen LogP contribution in [0.5, 0.6) is 0 Å². The van der Waals surface area contributed by atoms with E-state index in [1.54, 1.807) is 45.0 Å². The van der Waals surface area contributed by atoms with Crippen LogP contribution in [0.25, 0.3) is 0 Å². The zero-order chi connectivity index (χ0) is 20.5. The predicted molar refractivity (Wildman–Crippen MR) is 102 cm³/mol. The van der Waals surface area contributed by atoms with Gasteiger partial charge in [0.2, 0.25) is 0 Å². The van der Waals surface area contributed by atoms with E-state index in [0.29, 0.717) is 17.0 Å². The lowest BCUT2D eigenvalue weighted by Crippen LogP contribution is -2.47. The Kier molecular flexibility index (Phi) is 5.91. The van der Waals surface area contributed by atoms with Crippen LogP contribution in [0, 0.1) is 22.7 Å². The average molecular weight is 392 g/mol. The van der Waals surface area contributed by atoms with Crippen LogP contribution in [0.2, 0.25) is 5.02 Å². The summed E-state index contributed by atoms with van der Waals surface area (Å²) in [6, 6.07) is 8.77. The molecular formula is C21H26ClNO4. The van der Waals surface area contributed by atoms with Gasteiger partial charge in [0.05, 0.1) is 19.1 Å². The molecule has 1 heterocycles. The Morgan fingerprint density at radius 2 is 1.89 bits per heavy atom. The van der Waals surface area contributed by atoms with Crippen molar-refractivity contribution >= 4 is 23.5 Å². The summed E-state index contributed by atoms with van der Waals surface area (Å²) in [6.45, 7) is 9.41. The van der Waals surface area contributed by atoms with Crippen molar-refractivity contribution in [2.24, 2.45) is 11.3 Å². The molecule has 0 aromatic heterocycles. The van der Waals surface area contributed by atoms with Crippen molar-refractivity contribution in [3.63, 3.8) is 0 Å². The Bertz CT molecular complexity index is 758. The van der Waals surface area contributed by atoms with E-state index in [4.69, 9.17) is 21.1 Å². The fraction of sp³-hybridized carbons (Fsp3) is 0.571. The monoisotopic (exact) mass is 391 g/mol. The van der Waals surface area contributed by atoms with Crippen LogP contribution in [-0.4, -0.2) is 24.1 Å². The van der Waals surface area contributed by atoms with Crippen LogP contribution in [0.15, 0.2) is 24.3 Å². The molecule has 1 aromatic rings. The third-order valence-corrected chi connectivity index (χ3v) is 4.90. The van der Waals surface area contributed by atoms with E-state index < -0.39 is 28.9 Å². The van der Waals surface area contributed by atoms with Gasteiger partial charge in [-0.25, -0.2) is 4.79 Å². The molecule has 6 heteroatoms. The molecule has 0 bridgehead atoms. The van der Waals surface area contributed by atoms with Gasteiger partial charge in [0.25, 0.3) is 0 Å². The van der Waals surface area contributed by atoms with Gasteiger partial charge in [0.15, 0.2) is 5.41 Å². The Balaban J connectivity index is 2.63. The average Bonchev–Trinajstić information content (AvgIpc) is 2.67. The van der Waals surface area contributed by atoms with Gasteiger partial charge in [-0.3, -0.25) is 4.79 Å². The fourth-order valence-corrected chi connectivity index (χ4v) is 3.56. The summed E-state index contributed by atoms with van der Waals surface area (Å²) in [5, 5.41) is 10.7. The number of nitriles is 1. The van der Waals surface area contributed by atoms with E-state index in [1.807, 2.05) is 13.8 Å². The van der Waals surface area contributed by atoms with Crippen molar-refractivity contribution < 1.29 is 19.1 Å². The molecule has 27 heavy (non-hydrogen) atoms. The summed E-state index contributed by atoms with van der Waals surface area (Å²) in [7, 11) is 0. The molecule has 1 aromatic carbocycles. The summed E-state index contributed by atoms with van der Waals surface area (Å²) >= 11 is 6.00. The maximum Gasteiger partial charge on any atom is 0.331 e. The van der Waals surface area contributed by atoms with Gasteiger partial charge in [-0.15, -0.1) is 0 Å². The van der Waals surface area contributed by atoms with Gasteiger partial charge < -0.3 is 9.47 Å². The van der Waals surface area contributed by atoms with Gasteiger partial charge in [0.1, 0.15) is 5.60 Å². The first-order valence-corrected chi connectivity index (χ1v) is 9.34. The van der Waals surface area contributed by atoms with Gasteiger partial charge in [-0.05, 0) is 50.3 Å². The van der Waals surface area contributed by atoms with Gasteiger partial charge in [-0.1, -0.05) is 37.6 Å². The molecule has 0 radical (unpaired) electrons. The second-order valence-electron chi connectivity index (χ2n) is 8.86. The number of ether oxygens (including phenoxy) is 2. The number of carbonyl (C=O) groups excluding carboxylic acids is 2. The molecule has 5 nitrogen and oxygen atoms in total. The largest absolute Gasteiger partial charge is 0.465 e. The van der Waals surface area contributed by atoms with E-state index >= 15 is 0 Å². The van der Waals surface area contributed by atoms with E-state index in [0.717, 1.165) is 0 Å². The lowest BCUT2D eigenvalue weighted by Gasteiger charge is -2.37. The highest BCUT2D eigenvalue weighted by atomic mass is 35.5. The normalized spacial score (nSPS) is 22.0. The molecule has 1 saturated heterocycles. The lowest BCUT2D eigenvalue weighted by molar-refractivity contribution is -0.162. The third kappa shape index (κ3) is 4.81. The number of benzene rings is 1. The highest BCUT2D eigenvalue weighted by Crippen LogP contribution is 2.44. The van der Waals surface area contributed by atoms with Crippen LogP contribution in [0.3, 0.4) is 0 Å². The summed E-state index contributed by atoms with van der Waals surface area (Å²) in [5.41, 5.74) is -2.29. The number of carbonyl (C=O) groups is 2. The number of halogens is 1. The first-order valence-electron chi connectivity index (χ1n) is 8.96. The minimum Gasteiger partial charge on any atom is -0.465 e. The van der Waals surface area contributed by atoms with Crippen LogP contribution < -0.4 is 0 Å². The van der Waals surface area contributed by atoms with E-state index in [-0.39, 0.29) is 18.4 Å². The van der Waals surface area contributed by atoms with Crippen LogP contribution in [0.4, 0.5) is 0 Å². The molecule has 1 fully saturated rings. The minimum absolute atomic E-state index is 0.0289. The number of rotatable bonds is 3. The maximum absolute atomic E-state index is 13.3. The van der Waals surface area contributed by atoms with Crippen molar-refractivity contribution in [2.45, 2.75) is 58.5 Å². The summed E-state index contributed by atoms with van der Waals surface area (Å²) < 4.78 is 10.9. The summed E-state index contributed by atoms with van der Waals surface area (Å²) in [6.07, 6.45) is 0.438. The Labute approximate surface area is 165 Å². The van der Waals surface area contributed by atoms with Gasteiger partial charge in [-0.2, -0.15) is 5.26 Å². The highest BCUT2D eigenvalue weighted by molar-refractivity contribution is 6.30. The summed E-state index contributed by atoms with van der Waals surface area (Å²) in [4.78, 5) is 25.5. The van der Waals surface area contributed by atoms with Crippen molar-refractivity contribution in [3.05, 3.63) is 34.9 Å². The van der Waals surface area contributed by atoms with Crippen molar-refractivity contribution in [1.82, 2.24) is 0 Å². The van der Waals surface area contributed by atoms with Gasteiger partial charge >= 0.3 is 11.9 Å². The number of hydrogen-bond acceptors (Lipinski definition) is 5. The van der Waals surface area contributed by atoms with Crippen LogP contribution >= 0.6 is 11.6 Å². The molecule has 0 N–H and O–H groups in total. The SMILES string of the molecule is CC1(C)COC(=O)C[C@H]([C@](C#N)(C(=O)OC(C)(C)C)c2ccc(Cl)cc2)C1. The predicted octanol–water partition coefficient (Wildman–Crippen LogP) is 4.42. The number of hydrogen-bond donors (Lipinski definition) is 0. The Morgan fingerprint density at radius 1 is 1.30 bits per heavy atom. The first-order chi connectivity index (χ1) is 12.4. The summed E-state index contributed by atoms with van der Waals surface area (Å²) in [5.74, 6) is -1.65. The smallest absolute Gasteiger partial charge is 0.331 e. The number of nitrogens with zero attached hydrogens (tertiary/aromatic N) is 1. The Morgan fingerprint density at radius 3 is 2.41 bits per heavy atom. The molecule has 0 saturated carbocycles. The van der Waals surface area contributed by atoms with Crippen LogP contribution in [0.1, 0.15) is 53.0 Å². The third-order valence-electron chi connectivity index (χ3n) is 4.65. The van der Waals surface area contributed by atoms with E-state index in [2.05, 4.69) is 6.07 Å². The Hall–Kier alpha value is -2.06. The van der Waals surface area contributed by atoms with Crippen molar-refractivity contribution in [3.8, 4) is 6.07 Å². The quantitative estimate of drug-likeness (QED) is 0.712. The lowest BCUT2D eigenvalue weighted by atomic mass is 9.65. The zero-order valence-corrected chi connectivity index (χ0v) is 17.2. The van der Waals surface area contributed by atoms with Crippen LogP contribution in [-0.2, 0) is 24.5 Å². The fourth-order valence-electron chi connectivity index (χ4n) is 3.43. The molecule has 1 aliphatic heterocycles. The number of cyclic esters (lactones) is 1. The minimum atomic E-state index is -1.63. The molecule has 0 unspecified atom stereocenters. The second kappa shape index (κ2) is 7.52. The second-order valence-corrected chi connectivity index (χ2v) is 9.30. The highest BCUT2D eigenvalue weighted by Gasteiger charge is 2.53. The van der Waals surface area contributed by atoms with Crippen molar-refractivity contribution in [2.75, 3.05) is 6.61 Å². The first kappa shape index (κ1) is 21.2. The van der Waals surface area contributed by atoms with E-state index in [1.165, 1.54) is 0 Å². The standard InChI is InChI=1S/C21H26ClNO4/c1-19(2,3)27-18(25)21(12-23,14-6-8-16(22)9-7-14)15-10-17(24)26-13-20(4,5)11-15/h6-9,15H,10-11,13H2,1-5H3/t15-,21+/m0/s1. The molecular weight excluding hydrogens is 366 g/mol. The molecule has 2 atom stereocenters. The molecule has 0 aliphatic carbocycles. The topological polar surface area (TPSA) is 76.4 Å². The number of esters is 2. The molecule has 0 amide bonds. The molecule has 0 spiro atoms. The molecule has 146 valence electrons. The zero-order valence-electron chi connectivity index (χ0n) is 16.5. The van der Waals surface area contributed by atoms with E-state index in [9.17, 15) is 14.9 Å². The molecule has 2 rings (SSSR count). The van der Waals surface area contributed by atoms with Gasteiger partial charge in [0, 0.05) is 10.9 Å². The maximum atomic E-state index is 13.3.